The van der Waals surface area contributed by atoms with Crippen LogP contribution in [-0.4, -0.2) is 31.8 Å². The number of rotatable bonds is 6. The van der Waals surface area contributed by atoms with Gasteiger partial charge < -0.3 is 5.32 Å². The lowest BCUT2D eigenvalue weighted by Crippen LogP contribution is -2.15. The van der Waals surface area contributed by atoms with Gasteiger partial charge in [-0.1, -0.05) is 17.7 Å². The molecule has 8 heteroatoms. The Kier molecular flexibility index (Phi) is 4.87. The van der Waals surface area contributed by atoms with Crippen molar-refractivity contribution in [2.24, 2.45) is 0 Å². The Bertz CT molecular complexity index is 728. The van der Waals surface area contributed by atoms with Gasteiger partial charge in [0.15, 0.2) is 0 Å². The van der Waals surface area contributed by atoms with Crippen LogP contribution in [0.15, 0.2) is 35.5 Å². The molecule has 0 bridgehead atoms. The number of benzene rings is 1. The van der Waals surface area contributed by atoms with Gasteiger partial charge in [-0.15, -0.1) is 0 Å². The quantitative estimate of drug-likeness (QED) is 0.848. The van der Waals surface area contributed by atoms with Crippen molar-refractivity contribution in [3.63, 3.8) is 0 Å². The Balaban J connectivity index is 2.22. The van der Waals surface area contributed by atoms with Crippen LogP contribution in [-0.2, 0) is 16.6 Å². The molecule has 0 atom stereocenters. The monoisotopic (exact) mass is 328 g/mol. The van der Waals surface area contributed by atoms with Gasteiger partial charge in [-0.2, -0.15) is 5.10 Å². The van der Waals surface area contributed by atoms with Crippen molar-refractivity contribution in [3.05, 3.63) is 41.2 Å². The topological polar surface area (TPSA) is 76.0 Å². The van der Waals surface area contributed by atoms with E-state index >= 15 is 0 Å². The van der Waals surface area contributed by atoms with Gasteiger partial charge >= 0.3 is 0 Å². The van der Waals surface area contributed by atoms with Crippen LogP contribution in [0.25, 0.3) is 0 Å². The van der Waals surface area contributed by atoms with E-state index in [1.54, 1.807) is 22.9 Å². The highest BCUT2D eigenvalue weighted by Gasteiger charge is 2.17. The van der Waals surface area contributed by atoms with Gasteiger partial charge in [0.2, 0.25) is 0 Å². The standard InChI is InChI=1S/C13H17ClN4O2S/c1-10-3-4-11(14)7-13(10)17-21(19,20)12-8-16-18(9-12)6-5-15-2/h3-4,7-9,15,17H,5-6H2,1-2H3. The number of aromatic nitrogens is 2. The van der Waals surface area contributed by atoms with Crippen LogP contribution in [0.5, 0.6) is 0 Å². The summed E-state index contributed by atoms with van der Waals surface area (Å²) in [6, 6.07) is 5.06. The minimum atomic E-state index is -3.67. The summed E-state index contributed by atoms with van der Waals surface area (Å²) in [6.45, 7) is 3.12. The molecule has 0 spiro atoms. The molecule has 0 aliphatic carbocycles. The lowest BCUT2D eigenvalue weighted by Gasteiger charge is -2.09. The maximum atomic E-state index is 12.3. The van der Waals surface area contributed by atoms with Crippen LogP contribution >= 0.6 is 11.6 Å². The molecular formula is C13H17ClN4O2S. The molecule has 0 aliphatic rings. The van der Waals surface area contributed by atoms with Crippen molar-refractivity contribution in [2.45, 2.75) is 18.4 Å². The molecule has 0 aliphatic heterocycles. The summed E-state index contributed by atoms with van der Waals surface area (Å²) in [5.41, 5.74) is 1.26. The third kappa shape index (κ3) is 3.96. The molecule has 0 radical (unpaired) electrons. The molecule has 21 heavy (non-hydrogen) atoms. The maximum Gasteiger partial charge on any atom is 0.265 e. The maximum absolute atomic E-state index is 12.3. The summed E-state index contributed by atoms with van der Waals surface area (Å²) in [7, 11) is -1.85. The van der Waals surface area contributed by atoms with E-state index in [4.69, 9.17) is 11.6 Å². The number of nitrogens with one attached hydrogen (secondary N) is 2. The predicted molar refractivity (Wildman–Crippen MR) is 83.2 cm³/mol. The second-order valence-corrected chi connectivity index (χ2v) is 6.73. The van der Waals surface area contributed by atoms with Crippen LogP contribution in [0.3, 0.4) is 0 Å². The first kappa shape index (κ1) is 15.8. The number of aryl methyl sites for hydroxylation is 1. The van der Waals surface area contributed by atoms with Gasteiger partial charge in [0.1, 0.15) is 4.90 Å². The Morgan fingerprint density at radius 2 is 2.14 bits per heavy atom. The van der Waals surface area contributed by atoms with Gasteiger partial charge in [-0.05, 0) is 31.7 Å². The van der Waals surface area contributed by atoms with Gasteiger partial charge in [-0.3, -0.25) is 9.40 Å². The Morgan fingerprint density at radius 1 is 1.38 bits per heavy atom. The molecule has 0 amide bonds. The van der Waals surface area contributed by atoms with Crippen LogP contribution in [0, 0.1) is 6.92 Å². The minimum absolute atomic E-state index is 0.123. The largest absolute Gasteiger partial charge is 0.318 e. The molecule has 1 aromatic carbocycles. The summed E-state index contributed by atoms with van der Waals surface area (Å²) >= 11 is 5.89. The average molecular weight is 329 g/mol. The lowest BCUT2D eigenvalue weighted by molar-refractivity contribution is 0.582. The normalized spacial score (nSPS) is 11.6. The van der Waals surface area contributed by atoms with Crippen LogP contribution in [0.1, 0.15) is 5.56 Å². The van der Waals surface area contributed by atoms with Crippen LogP contribution in [0.2, 0.25) is 5.02 Å². The van der Waals surface area contributed by atoms with Gasteiger partial charge in [-0.25, -0.2) is 8.42 Å². The fraction of sp³-hybridized carbons (Fsp3) is 0.308. The second kappa shape index (κ2) is 6.46. The molecule has 0 saturated heterocycles. The van der Waals surface area contributed by atoms with Gasteiger partial charge in [0, 0.05) is 17.8 Å². The zero-order valence-electron chi connectivity index (χ0n) is 11.8. The number of likely N-dealkylation sites (N-methyl/N-ethyl adjacent to an activating group) is 1. The van der Waals surface area contributed by atoms with Gasteiger partial charge in [0.05, 0.1) is 18.4 Å². The van der Waals surface area contributed by atoms with Crippen molar-refractivity contribution in [2.75, 3.05) is 18.3 Å². The number of hydrogen-bond acceptors (Lipinski definition) is 4. The molecule has 1 heterocycles. The number of sulfonamides is 1. The Hall–Kier alpha value is -1.57. The van der Waals surface area contributed by atoms with E-state index in [2.05, 4.69) is 15.1 Å². The minimum Gasteiger partial charge on any atom is -0.318 e. The van der Waals surface area contributed by atoms with Gasteiger partial charge in [0.25, 0.3) is 10.0 Å². The van der Waals surface area contributed by atoms with Crippen molar-refractivity contribution in [1.82, 2.24) is 15.1 Å². The molecule has 0 fully saturated rings. The molecule has 2 aromatic rings. The Morgan fingerprint density at radius 3 is 2.86 bits per heavy atom. The van der Waals surface area contributed by atoms with E-state index in [1.165, 1.54) is 12.4 Å². The van der Waals surface area contributed by atoms with E-state index in [-0.39, 0.29) is 4.90 Å². The molecule has 0 unspecified atom stereocenters. The summed E-state index contributed by atoms with van der Waals surface area (Å²) < 4.78 is 28.8. The van der Waals surface area contributed by atoms with E-state index in [0.717, 1.165) is 5.56 Å². The molecule has 2 N–H and O–H groups in total. The number of halogens is 1. The predicted octanol–water partition coefficient (Wildman–Crippen LogP) is 1.87. The number of anilines is 1. The van der Waals surface area contributed by atoms with Crippen LogP contribution < -0.4 is 10.0 Å². The second-order valence-electron chi connectivity index (χ2n) is 4.61. The molecule has 2 rings (SSSR count). The van der Waals surface area contributed by atoms with Crippen molar-refractivity contribution in [1.29, 1.82) is 0 Å². The first-order chi connectivity index (χ1) is 9.92. The molecule has 6 nitrogen and oxygen atoms in total. The summed E-state index contributed by atoms with van der Waals surface area (Å²) in [6.07, 6.45) is 2.83. The highest BCUT2D eigenvalue weighted by molar-refractivity contribution is 7.92. The molecular weight excluding hydrogens is 312 g/mol. The smallest absolute Gasteiger partial charge is 0.265 e. The zero-order chi connectivity index (χ0) is 15.5. The number of nitrogens with zero attached hydrogens (tertiary/aromatic N) is 2. The summed E-state index contributed by atoms with van der Waals surface area (Å²) in [5.74, 6) is 0. The first-order valence-electron chi connectivity index (χ1n) is 6.38. The van der Waals surface area contributed by atoms with Crippen LogP contribution in [0.4, 0.5) is 5.69 Å². The fourth-order valence-electron chi connectivity index (χ4n) is 1.74. The third-order valence-corrected chi connectivity index (χ3v) is 4.51. The fourth-order valence-corrected chi connectivity index (χ4v) is 2.99. The lowest BCUT2D eigenvalue weighted by atomic mass is 10.2. The summed E-state index contributed by atoms with van der Waals surface area (Å²) in [5, 5.41) is 7.49. The molecule has 114 valence electrons. The summed E-state index contributed by atoms with van der Waals surface area (Å²) in [4.78, 5) is 0.123. The average Bonchev–Trinajstić information content (AvgIpc) is 2.90. The van der Waals surface area contributed by atoms with E-state index in [9.17, 15) is 8.42 Å². The van der Waals surface area contributed by atoms with Crippen molar-refractivity contribution >= 4 is 27.3 Å². The van der Waals surface area contributed by atoms with E-state index in [1.807, 2.05) is 14.0 Å². The first-order valence-corrected chi connectivity index (χ1v) is 8.24. The highest BCUT2D eigenvalue weighted by Crippen LogP contribution is 2.23. The molecule has 0 saturated carbocycles. The number of hydrogen-bond donors (Lipinski definition) is 2. The SMILES string of the molecule is CNCCn1cc(S(=O)(=O)Nc2cc(Cl)ccc2C)cn1. The Labute approximate surface area is 129 Å². The third-order valence-electron chi connectivity index (χ3n) is 2.95. The van der Waals surface area contributed by atoms with E-state index < -0.39 is 10.0 Å². The molecule has 1 aromatic heterocycles. The van der Waals surface area contributed by atoms with Crippen molar-refractivity contribution < 1.29 is 8.42 Å². The zero-order valence-corrected chi connectivity index (χ0v) is 13.4. The highest BCUT2D eigenvalue weighted by atomic mass is 35.5. The van der Waals surface area contributed by atoms with Crippen molar-refractivity contribution in [3.8, 4) is 0 Å². The van der Waals surface area contributed by atoms with E-state index in [0.29, 0.717) is 23.8 Å².